The average molecular weight is 297 g/mol. The fourth-order valence-electron chi connectivity index (χ4n) is 2.09. The molecule has 1 aliphatic rings. The number of nitrogens with zero attached hydrogens (tertiary/aromatic N) is 1. The molecule has 1 aromatic rings. The molecular weight excluding hydrogens is 284 g/mol. The van der Waals surface area contributed by atoms with E-state index in [9.17, 15) is 9.59 Å². The summed E-state index contributed by atoms with van der Waals surface area (Å²) >= 11 is 3.34. The molecule has 1 aromatic carbocycles. The van der Waals surface area contributed by atoms with Crippen molar-refractivity contribution in [2.24, 2.45) is 5.73 Å². The standard InChI is InChI=1S/C12H13BrN2O2/c13-9-5-2-1-4-8(9)12(17)15-7-3-6-10(15)11(14)16/h1-2,4-5,10H,3,6-7H2,(H2,14,16)/t10-/m0/s1. The van der Waals surface area contributed by atoms with Gasteiger partial charge in [-0.05, 0) is 40.9 Å². The lowest BCUT2D eigenvalue weighted by atomic mass is 10.1. The van der Waals surface area contributed by atoms with E-state index in [4.69, 9.17) is 5.73 Å². The van der Waals surface area contributed by atoms with Crippen molar-refractivity contribution in [3.63, 3.8) is 0 Å². The van der Waals surface area contributed by atoms with Gasteiger partial charge in [-0.1, -0.05) is 12.1 Å². The number of amides is 2. The van der Waals surface area contributed by atoms with Crippen LogP contribution in [0, 0.1) is 0 Å². The second kappa shape index (κ2) is 4.87. The van der Waals surface area contributed by atoms with Crippen LogP contribution < -0.4 is 5.73 Å². The Morgan fingerprint density at radius 2 is 2.06 bits per heavy atom. The highest BCUT2D eigenvalue weighted by Gasteiger charge is 2.33. The Labute approximate surface area is 108 Å². The molecule has 4 nitrogen and oxygen atoms in total. The fourth-order valence-corrected chi connectivity index (χ4v) is 2.55. The Kier molecular flexibility index (Phi) is 3.47. The van der Waals surface area contributed by atoms with Crippen molar-refractivity contribution in [1.29, 1.82) is 0 Å². The van der Waals surface area contributed by atoms with Crippen LogP contribution in [0.1, 0.15) is 23.2 Å². The average Bonchev–Trinajstić information content (AvgIpc) is 2.77. The van der Waals surface area contributed by atoms with Crippen LogP contribution in [-0.4, -0.2) is 29.3 Å². The maximum atomic E-state index is 12.3. The molecular formula is C12H13BrN2O2. The molecule has 0 saturated carbocycles. The molecule has 0 unspecified atom stereocenters. The number of benzene rings is 1. The second-order valence-electron chi connectivity index (χ2n) is 4.04. The van der Waals surface area contributed by atoms with Gasteiger partial charge in [-0.25, -0.2) is 0 Å². The zero-order chi connectivity index (χ0) is 12.4. The summed E-state index contributed by atoms with van der Waals surface area (Å²) in [4.78, 5) is 25.1. The van der Waals surface area contributed by atoms with E-state index in [-0.39, 0.29) is 5.91 Å². The van der Waals surface area contributed by atoms with Gasteiger partial charge in [0.1, 0.15) is 6.04 Å². The van der Waals surface area contributed by atoms with Crippen LogP contribution in [0.3, 0.4) is 0 Å². The van der Waals surface area contributed by atoms with Crippen molar-refractivity contribution in [3.8, 4) is 0 Å². The van der Waals surface area contributed by atoms with Crippen LogP contribution in [0.2, 0.25) is 0 Å². The van der Waals surface area contributed by atoms with Gasteiger partial charge in [0.2, 0.25) is 5.91 Å². The minimum Gasteiger partial charge on any atom is -0.368 e. The number of hydrogen-bond donors (Lipinski definition) is 1. The maximum absolute atomic E-state index is 12.3. The summed E-state index contributed by atoms with van der Waals surface area (Å²) < 4.78 is 0.736. The zero-order valence-corrected chi connectivity index (χ0v) is 10.8. The highest BCUT2D eigenvalue weighted by molar-refractivity contribution is 9.10. The third kappa shape index (κ3) is 2.34. The topological polar surface area (TPSA) is 63.4 Å². The van der Waals surface area contributed by atoms with E-state index >= 15 is 0 Å². The first-order valence-electron chi connectivity index (χ1n) is 5.46. The summed E-state index contributed by atoms with van der Waals surface area (Å²) in [6.45, 7) is 0.591. The van der Waals surface area contributed by atoms with Crippen molar-refractivity contribution in [1.82, 2.24) is 4.90 Å². The van der Waals surface area contributed by atoms with E-state index in [1.54, 1.807) is 17.0 Å². The zero-order valence-electron chi connectivity index (χ0n) is 9.23. The number of rotatable bonds is 2. The van der Waals surface area contributed by atoms with Crippen LogP contribution in [0.4, 0.5) is 0 Å². The lowest BCUT2D eigenvalue weighted by Crippen LogP contribution is -2.43. The lowest BCUT2D eigenvalue weighted by molar-refractivity contribution is -0.121. The molecule has 1 aliphatic heterocycles. The van der Waals surface area contributed by atoms with Crippen molar-refractivity contribution < 1.29 is 9.59 Å². The van der Waals surface area contributed by atoms with Crippen molar-refractivity contribution >= 4 is 27.7 Å². The van der Waals surface area contributed by atoms with E-state index in [0.717, 1.165) is 10.9 Å². The number of carbonyl (C=O) groups excluding carboxylic acids is 2. The first kappa shape index (κ1) is 12.1. The number of hydrogen-bond acceptors (Lipinski definition) is 2. The molecule has 0 spiro atoms. The minimum absolute atomic E-state index is 0.140. The predicted molar refractivity (Wildman–Crippen MR) is 67.4 cm³/mol. The molecule has 17 heavy (non-hydrogen) atoms. The summed E-state index contributed by atoms with van der Waals surface area (Å²) in [7, 11) is 0. The molecule has 0 radical (unpaired) electrons. The number of halogens is 1. The van der Waals surface area contributed by atoms with E-state index in [2.05, 4.69) is 15.9 Å². The molecule has 1 saturated heterocycles. The van der Waals surface area contributed by atoms with Gasteiger partial charge in [0.25, 0.3) is 5.91 Å². The molecule has 1 fully saturated rings. The normalized spacial score (nSPS) is 19.4. The summed E-state index contributed by atoms with van der Waals surface area (Å²) in [6, 6.07) is 6.73. The van der Waals surface area contributed by atoms with Gasteiger partial charge < -0.3 is 10.6 Å². The molecule has 1 heterocycles. The van der Waals surface area contributed by atoms with Gasteiger partial charge >= 0.3 is 0 Å². The maximum Gasteiger partial charge on any atom is 0.255 e. The van der Waals surface area contributed by atoms with Crippen LogP contribution in [-0.2, 0) is 4.79 Å². The van der Waals surface area contributed by atoms with Gasteiger partial charge in [0, 0.05) is 11.0 Å². The second-order valence-corrected chi connectivity index (χ2v) is 4.89. The smallest absolute Gasteiger partial charge is 0.255 e. The quantitative estimate of drug-likeness (QED) is 0.900. The Hall–Kier alpha value is -1.36. The minimum atomic E-state index is -0.463. The van der Waals surface area contributed by atoms with E-state index in [1.165, 1.54) is 0 Å². The van der Waals surface area contributed by atoms with Crippen LogP contribution in [0.15, 0.2) is 28.7 Å². The molecule has 0 bridgehead atoms. The lowest BCUT2D eigenvalue weighted by Gasteiger charge is -2.22. The highest BCUT2D eigenvalue weighted by Crippen LogP contribution is 2.23. The van der Waals surface area contributed by atoms with Gasteiger partial charge in [-0.15, -0.1) is 0 Å². The summed E-state index contributed by atoms with van der Waals surface area (Å²) in [5, 5.41) is 0. The summed E-state index contributed by atoms with van der Waals surface area (Å²) in [5.41, 5.74) is 5.87. The molecule has 0 aliphatic carbocycles. The third-order valence-corrected chi connectivity index (χ3v) is 3.64. The van der Waals surface area contributed by atoms with E-state index in [0.29, 0.717) is 18.5 Å². The Morgan fingerprint density at radius 1 is 1.35 bits per heavy atom. The summed E-state index contributed by atoms with van der Waals surface area (Å²) in [5.74, 6) is -0.568. The van der Waals surface area contributed by atoms with Crippen LogP contribution >= 0.6 is 15.9 Å². The van der Waals surface area contributed by atoms with Crippen LogP contribution in [0.5, 0.6) is 0 Å². The van der Waals surface area contributed by atoms with Crippen molar-refractivity contribution in [3.05, 3.63) is 34.3 Å². The number of primary amides is 1. The number of nitrogens with two attached hydrogens (primary N) is 1. The van der Waals surface area contributed by atoms with E-state index < -0.39 is 11.9 Å². The summed E-state index contributed by atoms with van der Waals surface area (Å²) in [6.07, 6.45) is 1.48. The third-order valence-electron chi connectivity index (χ3n) is 2.95. The fraction of sp³-hybridized carbons (Fsp3) is 0.333. The Morgan fingerprint density at radius 3 is 2.71 bits per heavy atom. The molecule has 2 N–H and O–H groups in total. The van der Waals surface area contributed by atoms with Gasteiger partial charge in [-0.2, -0.15) is 0 Å². The molecule has 2 rings (SSSR count). The molecule has 90 valence electrons. The molecule has 0 aromatic heterocycles. The van der Waals surface area contributed by atoms with Gasteiger partial charge in [-0.3, -0.25) is 9.59 Å². The Balaban J connectivity index is 2.26. The van der Waals surface area contributed by atoms with Crippen molar-refractivity contribution in [2.45, 2.75) is 18.9 Å². The SMILES string of the molecule is NC(=O)[C@@H]1CCCN1C(=O)c1ccccc1Br. The Bertz CT molecular complexity index is 462. The number of carbonyl (C=O) groups is 2. The first-order chi connectivity index (χ1) is 8.11. The van der Waals surface area contributed by atoms with Gasteiger partial charge in [0.15, 0.2) is 0 Å². The molecule has 5 heteroatoms. The molecule has 1 atom stereocenters. The highest BCUT2D eigenvalue weighted by atomic mass is 79.9. The van der Waals surface area contributed by atoms with Crippen LogP contribution in [0.25, 0.3) is 0 Å². The monoisotopic (exact) mass is 296 g/mol. The van der Waals surface area contributed by atoms with E-state index in [1.807, 2.05) is 12.1 Å². The molecule has 2 amide bonds. The largest absolute Gasteiger partial charge is 0.368 e. The predicted octanol–water partition coefficient (Wildman–Crippen LogP) is 1.54. The van der Waals surface area contributed by atoms with Gasteiger partial charge in [0.05, 0.1) is 5.56 Å². The first-order valence-corrected chi connectivity index (χ1v) is 6.25. The number of likely N-dealkylation sites (tertiary alicyclic amines) is 1. The van der Waals surface area contributed by atoms with Crippen molar-refractivity contribution in [2.75, 3.05) is 6.54 Å².